The fraction of sp³-hybridized carbons (Fsp3) is 0.439. The van der Waals surface area contributed by atoms with Crippen molar-refractivity contribution in [2.75, 3.05) is 39.9 Å². The van der Waals surface area contributed by atoms with Gasteiger partial charge < -0.3 is 33.8 Å². The standard InChI is InChI=1S/C41H41N5O8S/c1-18-12-21-13-25-26(14-42)46-27-15-51-40(49)41(39-23(10-11-43-41)22-8-6-7-9-24(22)44-39)16-55-38(32(46)31(45(25)4)28(21)33(48)34(18)50-5)30-29(27)37-36(52-17-53-37)19(2)35(30)54-20(3)47/h6-9,12,25-27,31-32,38,43-44,48H,10-11,13,15-17H2,1-5H3/t25-,26-,27-,31+,32?,38+,41+/m0/s1. The molecule has 0 aliphatic carbocycles. The van der Waals surface area contributed by atoms with E-state index in [1.54, 1.807) is 18.9 Å². The van der Waals surface area contributed by atoms with Gasteiger partial charge in [0.15, 0.2) is 28.5 Å². The number of likely N-dealkylation sites (N-methyl/N-ethyl adjacent to an activating group) is 1. The maximum absolute atomic E-state index is 14.8. The van der Waals surface area contributed by atoms with Crippen LogP contribution in [0.3, 0.4) is 0 Å². The third kappa shape index (κ3) is 4.58. The molecule has 11 rings (SSSR count). The van der Waals surface area contributed by atoms with Gasteiger partial charge in [-0.05, 0) is 56.5 Å². The Balaban J connectivity index is 1.25. The average molecular weight is 764 g/mol. The van der Waals surface area contributed by atoms with E-state index in [4.69, 9.17) is 23.7 Å². The molecule has 1 aromatic heterocycles. The van der Waals surface area contributed by atoms with Gasteiger partial charge in [0.1, 0.15) is 18.4 Å². The van der Waals surface area contributed by atoms with E-state index in [9.17, 15) is 20.0 Å². The Bertz CT molecular complexity index is 2390. The number of ether oxygens (including phenoxy) is 5. The van der Waals surface area contributed by atoms with Crippen LogP contribution in [0.15, 0.2) is 30.3 Å². The van der Waals surface area contributed by atoms with E-state index in [1.807, 2.05) is 39.1 Å². The van der Waals surface area contributed by atoms with Crippen molar-refractivity contribution in [2.24, 2.45) is 0 Å². The number of esters is 2. The smallest absolute Gasteiger partial charge is 0.333 e. The van der Waals surface area contributed by atoms with Crippen LogP contribution < -0.4 is 24.3 Å². The Morgan fingerprint density at radius 2 is 1.93 bits per heavy atom. The van der Waals surface area contributed by atoms with Gasteiger partial charge in [-0.3, -0.25) is 19.9 Å². The number of carbonyl (C=O) groups is 2. The molecule has 4 aromatic rings. The molecule has 13 nitrogen and oxygen atoms in total. The van der Waals surface area contributed by atoms with Gasteiger partial charge in [-0.2, -0.15) is 5.26 Å². The van der Waals surface area contributed by atoms with Crippen molar-refractivity contribution in [2.45, 2.75) is 74.6 Å². The van der Waals surface area contributed by atoms with Gasteiger partial charge in [0.05, 0.1) is 36.2 Å². The quantitative estimate of drug-likeness (QED) is 0.190. The van der Waals surface area contributed by atoms with Gasteiger partial charge in [0.2, 0.25) is 6.79 Å². The van der Waals surface area contributed by atoms with Gasteiger partial charge in [-0.1, -0.05) is 24.3 Å². The predicted molar refractivity (Wildman–Crippen MR) is 202 cm³/mol. The molecule has 2 fully saturated rings. The molecule has 0 saturated carbocycles. The molecule has 284 valence electrons. The van der Waals surface area contributed by atoms with Crippen molar-refractivity contribution in [3.8, 4) is 34.8 Å². The number of carbonyl (C=O) groups excluding carboxylic acids is 2. The van der Waals surface area contributed by atoms with E-state index >= 15 is 0 Å². The number of nitrogens with one attached hydrogen (secondary N) is 2. The monoisotopic (exact) mass is 763 g/mol. The number of fused-ring (bicyclic) bond motifs is 11. The number of nitriles is 1. The first-order chi connectivity index (χ1) is 26.6. The van der Waals surface area contributed by atoms with Gasteiger partial charge in [-0.25, -0.2) is 4.79 Å². The summed E-state index contributed by atoms with van der Waals surface area (Å²) in [7, 11) is 3.57. The number of aryl methyl sites for hydroxylation is 1. The number of para-hydroxylation sites is 1. The zero-order valence-corrected chi connectivity index (χ0v) is 32.0. The third-order valence-electron chi connectivity index (χ3n) is 12.8. The Morgan fingerprint density at radius 1 is 1.13 bits per heavy atom. The number of hydrogen-bond donors (Lipinski definition) is 3. The number of H-pyrrole nitrogens is 1. The molecule has 4 bridgehead atoms. The lowest BCUT2D eigenvalue weighted by atomic mass is 9.71. The Hall–Kier alpha value is -4.94. The second-order valence-corrected chi connectivity index (χ2v) is 16.6. The number of nitrogens with zero attached hydrogens (tertiary/aromatic N) is 3. The lowest BCUT2D eigenvalue weighted by molar-refractivity contribution is -0.157. The van der Waals surface area contributed by atoms with Crippen LogP contribution in [0.25, 0.3) is 10.9 Å². The second kappa shape index (κ2) is 12.3. The molecule has 3 aromatic carbocycles. The first-order valence-corrected chi connectivity index (χ1v) is 19.7. The molecule has 3 N–H and O–H groups in total. The van der Waals surface area contributed by atoms with E-state index < -0.39 is 46.9 Å². The van der Waals surface area contributed by atoms with Crippen LogP contribution in [-0.4, -0.2) is 89.8 Å². The lowest BCUT2D eigenvalue weighted by Gasteiger charge is -2.62. The fourth-order valence-electron chi connectivity index (χ4n) is 10.6. The van der Waals surface area contributed by atoms with Gasteiger partial charge >= 0.3 is 11.9 Å². The summed E-state index contributed by atoms with van der Waals surface area (Å²) in [5, 5.41) is 27.4. The van der Waals surface area contributed by atoms with Crippen LogP contribution in [0.2, 0.25) is 0 Å². The summed E-state index contributed by atoms with van der Waals surface area (Å²) in [5.74, 6) is 1.15. The molecule has 7 aliphatic rings. The van der Waals surface area contributed by atoms with Gasteiger partial charge in [0, 0.05) is 64.5 Å². The number of phenols is 1. The molecule has 55 heavy (non-hydrogen) atoms. The highest BCUT2D eigenvalue weighted by Gasteiger charge is 2.62. The summed E-state index contributed by atoms with van der Waals surface area (Å²) in [4.78, 5) is 35.8. The normalized spacial score (nSPS) is 29.1. The highest BCUT2D eigenvalue weighted by molar-refractivity contribution is 7.99. The summed E-state index contributed by atoms with van der Waals surface area (Å²) < 4.78 is 30.7. The number of hydrogen-bond acceptors (Lipinski definition) is 13. The van der Waals surface area contributed by atoms with E-state index in [0.29, 0.717) is 47.1 Å². The summed E-state index contributed by atoms with van der Waals surface area (Å²) in [6.45, 7) is 5.56. The summed E-state index contributed by atoms with van der Waals surface area (Å²) in [5.41, 5.74) is 6.13. The summed E-state index contributed by atoms with van der Waals surface area (Å²) in [6.07, 6.45) is 1.25. The van der Waals surface area contributed by atoms with Crippen LogP contribution in [0.4, 0.5) is 0 Å². The van der Waals surface area contributed by atoms with Crippen molar-refractivity contribution in [3.63, 3.8) is 0 Å². The van der Waals surface area contributed by atoms with Crippen molar-refractivity contribution < 1.29 is 38.4 Å². The summed E-state index contributed by atoms with van der Waals surface area (Å²) >= 11 is 1.56. The van der Waals surface area contributed by atoms with E-state index in [0.717, 1.165) is 50.8 Å². The van der Waals surface area contributed by atoms with Gasteiger partial charge in [0.25, 0.3) is 0 Å². The molecule has 14 heteroatoms. The van der Waals surface area contributed by atoms with Crippen LogP contribution in [0, 0.1) is 25.2 Å². The first-order valence-electron chi connectivity index (χ1n) is 18.7. The molecule has 1 unspecified atom stereocenters. The maximum Gasteiger partial charge on any atom is 0.333 e. The number of piperazine rings is 1. The SMILES string of the molecule is COc1c(C)cc2c(c1O)[C@@H]1C3[C@@H]4SC[C@]5(NCCc6c5[nH]c5ccccc65)C(=O)OC[C@@H](c5c6c(c(C)c(OC(C)=O)c54)OCO6)N3[C@@H](C#N)[C@H](C2)N1C. The third-order valence-corrected chi connectivity index (χ3v) is 14.3. The molecule has 7 aliphatic heterocycles. The fourth-order valence-corrected chi connectivity index (χ4v) is 12.3. The average Bonchev–Trinajstić information content (AvgIpc) is 3.81. The van der Waals surface area contributed by atoms with Crippen LogP contribution in [0.1, 0.15) is 68.9 Å². The topological polar surface area (TPSA) is 159 Å². The minimum atomic E-state index is -1.24. The first kappa shape index (κ1) is 34.5. The Labute approximate surface area is 321 Å². The number of phenolic OH excluding ortho intramolecular Hbond substituents is 1. The number of aromatic hydroxyl groups is 1. The van der Waals surface area contributed by atoms with Crippen molar-refractivity contribution >= 4 is 34.6 Å². The Kier molecular flexibility index (Phi) is 7.71. The Morgan fingerprint density at radius 3 is 2.71 bits per heavy atom. The van der Waals surface area contributed by atoms with E-state index in [2.05, 4.69) is 38.3 Å². The molecule has 0 radical (unpaired) electrons. The molecule has 7 atom stereocenters. The highest BCUT2D eigenvalue weighted by atomic mass is 32.2. The summed E-state index contributed by atoms with van der Waals surface area (Å²) in [6, 6.07) is 10.3. The van der Waals surface area contributed by atoms with Crippen molar-refractivity contribution in [1.82, 2.24) is 20.1 Å². The van der Waals surface area contributed by atoms with E-state index in [-0.39, 0.29) is 30.9 Å². The zero-order valence-electron chi connectivity index (χ0n) is 31.1. The number of benzene rings is 3. The van der Waals surface area contributed by atoms with Crippen LogP contribution in [0.5, 0.6) is 28.7 Å². The highest BCUT2D eigenvalue weighted by Crippen LogP contribution is 2.64. The lowest BCUT2D eigenvalue weighted by Crippen LogP contribution is -2.69. The number of methoxy groups -OCH3 is 1. The largest absolute Gasteiger partial charge is 0.504 e. The zero-order chi connectivity index (χ0) is 38.1. The number of aromatic amines is 1. The van der Waals surface area contributed by atoms with E-state index in [1.165, 1.54) is 6.92 Å². The van der Waals surface area contributed by atoms with Gasteiger partial charge in [-0.15, -0.1) is 11.8 Å². The van der Waals surface area contributed by atoms with Crippen molar-refractivity contribution in [3.05, 3.63) is 75.0 Å². The second-order valence-electron chi connectivity index (χ2n) is 15.4. The molecule has 0 amide bonds. The molecular formula is C41H41N5O8S. The molecule has 1 spiro atoms. The number of thioether (sulfide) groups is 1. The minimum Gasteiger partial charge on any atom is -0.504 e. The number of rotatable bonds is 2. The molecular weight excluding hydrogens is 723 g/mol. The maximum atomic E-state index is 14.8. The molecule has 8 heterocycles. The van der Waals surface area contributed by atoms with Crippen LogP contribution in [-0.2, 0) is 32.7 Å². The predicted octanol–water partition coefficient (Wildman–Crippen LogP) is 4.75. The number of aromatic nitrogens is 1. The van der Waals surface area contributed by atoms with Crippen molar-refractivity contribution in [1.29, 1.82) is 5.26 Å². The molecule has 2 saturated heterocycles. The minimum absolute atomic E-state index is 0.0356. The van der Waals surface area contributed by atoms with Crippen LogP contribution >= 0.6 is 11.8 Å².